The first-order valence-corrected chi connectivity index (χ1v) is 10.2. The number of pyridine rings is 1. The van der Waals surface area contributed by atoms with Crippen LogP contribution in [0.15, 0.2) is 30.3 Å². The van der Waals surface area contributed by atoms with Crippen molar-refractivity contribution in [1.82, 2.24) is 9.88 Å². The van der Waals surface area contributed by atoms with E-state index in [1.54, 1.807) is 36.9 Å². The highest BCUT2D eigenvalue weighted by atomic mass is 79.9. The number of carboxylic acid groups (broad SMARTS) is 1. The summed E-state index contributed by atoms with van der Waals surface area (Å²) in [5.41, 5.74) is 3.14. The highest BCUT2D eigenvalue weighted by Crippen LogP contribution is 2.42. The first kappa shape index (κ1) is 23.6. The van der Waals surface area contributed by atoms with Crippen molar-refractivity contribution in [3.05, 3.63) is 58.4 Å². The third kappa shape index (κ3) is 3.81. The molecule has 0 unspecified atom stereocenters. The number of aryl methyl sites for hydroxylation is 1. The largest absolute Gasteiger partial charge is 0.480 e. The molecule has 2 N–H and O–H groups in total. The molecule has 32 heavy (non-hydrogen) atoms. The second-order valence-corrected chi connectivity index (χ2v) is 8.43. The number of rotatable bonds is 6. The maximum Gasteiger partial charge on any atom is 0.323 e. The van der Waals surface area contributed by atoms with Crippen molar-refractivity contribution in [2.75, 3.05) is 18.0 Å². The Labute approximate surface area is 196 Å². The molecule has 0 atom stereocenters. The Morgan fingerprint density at radius 2 is 1.91 bits per heavy atom. The number of hydrogen-bond acceptors (Lipinski definition) is 5. The van der Waals surface area contributed by atoms with Gasteiger partial charge in [0.25, 0.3) is 0 Å². The maximum absolute atomic E-state index is 13.0. The molecule has 0 aliphatic carbocycles. The molecule has 0 saturated heterocycles. The van der Waals surface area contributed by atoms with E-state index in [4.69, 9.17) is 10.5 Å². The van der Waals surface area contributed by atoms with Gasteiger partial charge in [-0.3, -0.25) is 19.8 Å². The lowest BCUT2D eigenvalue weighted by Crippen LogP contribution is -2.39. The molecule has 0 spiro atoms. The van der Waals surface area contributed by atoms with Crippen LogP contribution in [0, 0.1) is 5.41 Å². The van der Waals surface area contributed by atoms with Gasteiger partial charge in [0.1, 0.15) is 18.1 Å². The van der Waals surface area contributed by atoms with Gasteiger partial charge in [0.2, 0.25) is 5.91 Å². The molecule has 9 heteroatoms. The molecule has 2 aromatic rings. The first-order valence-electron chi connectivity index (χ1n) is 10.2. The normalized spacial score (nSPS) is 16.0. The van der Waals surface area contributed by atoms with Gasteiger partial charge in [-0.1, -0.05) is 13.0 Å². The Morgan fingerprint density at radius 1 is 1.19 bits per heavy atom. The van der Waals surface area contributed by atoms with Gasteiger partial charge in [0, 0.05) is 29.1 Å². The third-order valence-electron chi connectivity index (χ3n) is 5.99. The number of aliphatic carboxylic acids is 1. The summed E-state index contributed by atoms with van der Waals surface area (Å²) in [6.07, 6.45) is 0.780. The number of Topliss-reactive ketones (excluding diaryl/α,β-unsaturated/α-hetero) is 1. The molecule has 0 radical (unpaired) electrons. The lowest BCUT2D eigenvalue weighted by Gasteiger charge is -2.18. The number of fused-ring (bicyclic) bond motifs is 2. The Balaban J connectivity index is 0.00000289. The van der Waals surface area contributed by atoms with Crippen LogP contribution in [0.25, 0.3) is 0 Å². The third-order valence-corrected chi connectivity index (χ3v) is 5.99. The van der Waals surface area contributed by atoms with E-state index in [-0.39, 0.29) is 41.1 Å². The van der Waals surface area contributed by atoms with Crippen LogP contribution in [-0.4, -0.2) is 51.6 Å². The molecule has 0 bridgehead atoms. The van der Waals surface area contributed by atoms with Crippen molar-refractivity contribution in [1.29, 1.82) is 5.41 Å². The van der Waals surface area contributed by atoms with E-state index >= 15 is 0 Å². The van der Waals surface area contributed by atoms with Gasteiger partial charge in [0.05, 0.1) is 12.0 Å². The second kappa shape index (κ2) is 8.46. The van der Waals surface area contributed by atoms with Crippen LogP contribution >= 0.6 is 17.0 Å². The molecule has 168 valence electrons. The first-order chi connectivity index (χ1) is 14.6. The van der Waals surface area contributed by atoms with E-state index in [0.717, 1.165) is 17.7 Å². The van der Waals surface area contributed by atoms with Crippen molar-refractivity contribution >= 4 is 46.2 Å². The average molecular weight is 501 g/mol. The molecule has 3 heterocycles. The highest BCUT2D eigenvalue weighted by molar-refractivity contribution is 8.93. The summed E-state index contributed by atoms with van der Waals surface area (Å²) >= 11 is 0. The number of benzene rings is 1. The number of anilines is 1. The molecule has 0 fully saturated rings. The molecule has 8 nitrogen and oxygen atoms in total. The van der Waals surface area contributed by atoms with Gasteiger partial charge >= 0.3 is 5.97 Å². The molecule has 1 aromatic heterocycles. The van der Waals surface area contributed by atoms with Gasteiger partial charge in [-0.25, -0.2) is 4.98 Å². The van der Waals surface area contributed by atoms with Crippen LogP contribution < -0.4 is 4.90 Å². The molecular formula is C23H25BrN4O4. The zero-order valence-electron chi connectivity index (χ0n) is 18.1. The number of carboxylic acids is 1. The minimum absolute atomic E-state index is 0. The van der Waals surface area contributed by atoms with Crippen LogP contribution in [-0.2, 0) is 28.0 Å². The van der Waals surface area contributed by atoms with E-state index in [2.05, 4.69) is 4.98 Å². The van der Waals surface area contributed by atoms with Crippen molar-refractivity contribution < 1.29 is 19.5 Å². The fourth-order valence-corrected chi connectivity index (χ4v) is 4.19. The van der Waals surface area contributed by atoms with E-state index in [9.17, 15) is 14.4 Å². The van der Waals surface area contributed by atoms with Crippen LogP contribution in [0.1, 0.15) is 53.6 Å². The minimum Gasteiger partial charge on any atom is -0.480 e. The minimum atomic E-state index is -1.09. The summed E-state index contributed by atoms with van der Waals surface area (Å²) in [6.45, 7) is 5.54. The molecule has 1 amide bonds. The summed E-state index contributed by atoms with van der Waals surface area (Å²) in [7, 11) is 0. The molecular weight excluding hydrogens is 476 g/mol. The number of carbonyl (C=O) groups excluding carboxylic acids is 2. The topological polar surface area (TPSA) is 115 Å². The summed E-state index contributed by atoms with van der Waals surface area (Å²) in [5, 5.41) is 17.6. The summed E-state index contributed by atoms with van der Waals surface area (Å²) < 4.78 is 0. The quantitative estimate of drug-likeness (QED) is 0.589. The smallest absolute Gasteiger partial charge is 0.323 e. The van der Waals surface area contributed by atoms with Gasteiger partial charge < -0.3 is 14.9 Å². The number of carbonyl (C=O) groups is 3. The van der Waals surface area contributed by atoms with E-state index in [1.165, 1.54) is 4.90 Å². The van der Waals surface area contributed by atoms with Gasteiger partial charge in [-0.15, -0.1) is 17.0 Å². The molecule has 4 rings (SSSR count). The van der Waals surface area contributed by atoms with Crippen LogP contribution in [0.3, 0.4) is 0 Å². The fourth-order valence-electron chi connectivity index (χ4n) is 4.19. The Hall–Kier alpha value is -3.07. The number of amides is 1. The van der Waals surface area contributed by atoms with E-state index in [1.807, 2.05) is 19.1 Å². The Bertz CT molecular complexity index is 1140. The average Bonchev–Trinajstić information content (AvgIpc) is 3.14. The number of nitrogens with one attached hydrogen (secondary N) is 1. The van der Waals surface area contributed by atoms with E-state index < -0.39 is 17.9 Å². The van der Waals surface area contributed by atoms with Crippen molar-refractivity contribution in [3.63, 3.8) is 0 Å². The molecule has 0 saturated carbocycles. The van der Waals surface area contributed by atoms with Crippen LogP contribution in [0.4, 0.5) is 5.69 Å². The van der Waals surface area contributed by atoms with Gasteiger partial charge in [-0.2, -0.15) is 0 Å². The van der Waals surface area contributed by atoms with Gasteiger partial charge in [-0.05, 0) is 50.1 Å². The number of amidine groups is 1. The van der Waals surface area contributed by atoms with E-state index in [0.29, 0.717) is 29.1 Å². The summed E-state index contributed by atoms with van der Waals surface area (Å²) in [5.74, 6) is -1.33. The molecule has 1 aromatic carbocycles. The predicted octanol–water partition coefficient (Wildman–Crippen LogP) is 2.95. The zero-order chi connectivity index (χ0) is 22.5. The number of hydrogen-bond donors (Lipinski definition) is 2. The number of ketones is 1. The monoisotopic (exact) mass is 500 g/mol. The molecule has 2 aliphatic rings. The fraction of sp³-hybridized carbons (Fsp3) is 0.348. The number of nitrogens with zero attached hydrogens (tertiary/aromatic N) is 3. The Kier molecular flexibility index (Phi) is 6.24. The predicted molar refractivity (Wildman–Crippen MR) is 125 cm³/mol. The molecule has 2 aliphatic heterocycles. The zero-order valence-corrected chi connectivity index (χ0v) is 19.9. The SMILES string of the molecule is Br.CCc1ccc2c(n1)C(=N)N(CC(=O)c1ccc3c(c1)C(C)(C)C(=O)N3CC(=O)O)C2. The van der Waals surface area contributed by atoms with Crippen LogP contribution in [0.5, 0.6) is 0 Å². The summed E-state index contributed by atoms with van der Waals surface area (Å²) in [4.78, 5) is 44.4. The Morgan fingerprint density at radius 3 is 2.56 bits per heavy atom. The van der Waals surface area contributed by atoms with Gasteiger partial charge in [0.15, 0.2) is 5.78 Å². The highest BCUT2D eigenvalue weighted by Gasteiger charge is 2.44. The van der Waals surface area contributed by atoms with Crippen molar-refractivity contribution in [2.45, 2.75) is 39.2 Å². The summed E-state index contributed by atoms with van der Waals surface area (Å²) in [6, 6.07) is 8.83. The maximum atomic E-state index is 13.0. The number of aromatic nitrogens is 1. The van der Waals surface area contributed by atoms with Crippen molar-refractivity contribution in [3.8, 4) is 0 Å². The lowest BCUT2D eigenvalue weighted by atomic mass is 9.85. The lowest BCUT2D eigenvalue weighted by molar-refractivity contribution is -0.137. The van der Waals surface area contributed by atoms with Crippen LogP contribution in [0.2, 0.25) is 0 Å². The second-order valence-electron chi connectivity index (χ2n) is 8.43. The standard InChI is InChI=1S/C23H24N4O4.BrH/c1-4-15-7-5-14-10-26(21(24)20(14)25-15)11-18(28)13-6-8-17-16(9-13)23(2,3)22(31)27(17)12-19(29)30;/h5-9,24H,4,10-12H2,1-3H3,(H,29,30);1H. The van der Waals surface area contributed by atoms with Crippen molar-refractivity contribution in [2.24, 2.45) is 0 Å². The number of halogens is 1.